The van der Waals surface area contributed by atoms with Crippen molar-refractivity contribution in [3.05, 3.63) is 52.6 Å². The van der Waals surface area contributed by atoms with Crippen LogP contribution in [0.25, 0.3) is 5.57 Å². The maximum absolute atomic E-state index is 12.5. The van der Waals surface area contributed by atoms with Gasteiger partial charge in [-0.1, -0.05) is 12.1 Å². The second-order valence-corrected chi connectivity index (χ2v) is 9.47. The molecule has 0 aromatic heterocycles. The van der Waals surface area contributed by atoms with Crippen molar-refractivity contribution in [2.75, 3.05) is 45.9 Å². The lowest BCUT2D eigenvalue weighted by atomic mass is 9.99. The van der Waals surface area contributed by atoms with Crippen LogP contribution in [0.4, 0.5) is 0 Å². The van der Waals surface area contributed by atoms with E-state index >= 15 is 0 Å². The molecule has 2 heterocycles. The molecule has 10 heteroatoms. The molecule has 1 unspecified atom stereocenters. The summed E-state index contributed by atoms with van der Waals surface area (Å²) in [5, 5.41) is 30.8. The van der Waals surface area contributed by atoms with E-state index in [0.29, 0.717) is 35.4 Å². The molecule has 1 amide bonds. The van der Waals surface area contributed by atoms with E-state index in [4.69, 9.17) is 10.1 Å². The number of aliphatic hydroxyl groups is 1. The van der Waals surface area contributed by atoms with Gasteiger partial charge in [0, 0.05) is 62.2 Å². The normalized spacial score (nSPS) is 20.4. The van der Waals surface area contributed by atoms with E-state index in [2.05, 4.69) is 31.2 Å². The van der Waals surface area contributed by atoms with Crippen LogP contribution in [0.1, 0.15) is 41.3 Å². The number of aliphatic imine (C=N–C) groups is 1. The zero-order chi connectivity index (χ0) is 25.5. The largest absolute Gasteiger partial charge is 0.392 e. The molecule has 10 nitrogen and oxygen atoms in total. The van der Waals surface area contributed by atoms with Crippen LogP contribution in [0.5, 0.6) is 0 Å². The highest BCUT2D eigenvalue weighted by molar-refractivity contribution is 6.11. The quantitative estimate of drug-likeness (QED) is 0.266. The molecule has 0 radical (unpaired) electrons. The summed E-state index contributed by atoms with van der Waals surface area (Å²) >= 11 is 0. The second kappa shape index (κ2) is 12.2. The average Bonchev–Trinajstić information content (AvgIpc) is 3.68. The monoisotopic (exact) mass is 495 g/mol. The van der Waals surface area contributed by atoms with Crippen LogP contribution in [0.3, 0.4) is 0 Å². The molecule has 4 rings (SSSR count). The van der Waals surface area contributed by atoms with Crippen molar-refractivity contribution in [1.82, 2.24) is 26.2 Å². The minimum atomic E-state index is -0.527. The van der Waals surface area contributed by atoms with E-state index in [9.17, 15) is 9.90 Å². The molecule has 6 N–H and O–H groups in total. The van der Waals surface area contributed by atoms with Gasteiger partial charge in [-0.15, -0.1) is 0 Å². The van der Waals surface area contributed by atoms with Crippen LogP contribution in [-0.4, -0.2) is 86.0 Å². The Labute approximate surface area is 212 Å². The van der Waals surface area contributed by atoms with Gasteiger partial charge in [-0.2, -0.15) is 0 Å². The van der Waals surface area contributed by atoms with Crippen molar-refractivity contribution in [3.63, 3.8) is 0 Å². The first-order valence-corrected chi connectivity index (χ1v) is 12.6. The standard InChI is InChI=1S/C26H37N7O3/c1-17-13-19(3-6-21(17)26(35)30-20-4-5-20)22(15-27)25-31-23(14-24(32-25)29-16-18(2)34)28-7-8-33-9-11-36-12-10-33/h3,6,13-15,18,20,27-28,31,34H,4-5,7-12,16H2,1-2H3,(H,29,32)(H,30,35)/b25-22-,27-15?. The summed E-state index contributed by atoms with van der Waals surface area (Å²) in [5.74, 6) is 1.82. The Kier molecular flexibility index (Phi) is 8.74. The lowest BCUT2D eigenvalue weighted by molar-refractivity contribution is 0.0386. The van der Waals surface area contributed by atoms with Gasteiger partial charge >= 0.3 is 0 Å². The molecule has 1 aromatic carbocycles. The summed E-state index contributed by atoms with van der Waals surface area (Å²) in [6.45, 7) is 8.96. The molecule has 0 spiro atoms. The van der Waals surface area contributed by atoms with Gasteiger partial charge in [-0.25, -0.2) is 4.99 Å². The summed E-state index contributed by atoms with van der Waals surface area (Å²) < 4.78 is 5.42. The summed E-state index contributed by atoms with van der Waals surface area (Å²) in [6.07, 6.45) is 4.69. The van der Waals surface area contributed by atoms with Crippen LogP contribution in [0.15, 0.2) is 40.9 Å². The van der Waals surface area contributed by atoms with Gasteiger partial charge in [-0.05, 0) is 43.9 Å². The van der Waals surface area contributed by atoms with Gasteiger partial charge in [0.15, 0.2) is 0 Å². The van der Waals surface area contributed by atoms with Gasteiger partial charge in [-0.3, -0.25) is 9.69 Å². The molecule has 194 valence electrons. The van der Waals surface area contributed by atoms with Crippen LogP contribution in [-0.2, 0) is 4.74 Å². The van der Waals surface area contributed by atoms with E-state index in [1.807, 2.05) is 31.2 Å². The Hall–Kier alpha value is -3.21. The number of carbonyl (C=O) groups is 1. The maximum atomic E-state index is 12.5. The molecule has 36 heavy (non-hydrogen) atoms. The number of amidine groups is 1. The highest BCUT2D eigenvalue weighted by Gasteiger charge is 2.24. The highest BCUT2D eigenvalue weighted by atomic mass is 16.5. The summed E-state index contributed by atoms with van der Waals surface area (Å²) in [7, 11) is 0. The third-order valence-electron chi connectivity index (χ3n) is 6.29. The topological polar surface area (TPSA) is 134 Å². The number of aryl methyl sites for hydroxylation is 1. The summed E-state index contributed by atoms with van der Waals surface area (Å²) in [5.41, 5.74) is 2.88. The Morgan fingerprint density at radius 1 is 1.33 bits per heavy atom. The lowest BCUT2D eigenvalue weighted by Crippen LogP contribution is -2.42. The molecule has 1 saturated heterocycles. The number of benzene rings is 1. The predicted octanol–water partition coefficient (Wildman–Crippen LogP) is 0.941. The zero-order valence-electron chi connectivity index (χ0n) is 21.1. The van der Waals surface area contributed by atoms with E-state index in [-0.39, 0.29) is 5.91 Å². The number of carbonyl (C=O) groups excluding carboxylic acids is 1. The molecule has 1 saturated carbocycles. The number of rotatable bonds is 10. The van der Waals surface area contributed by atoms with E-state index < -0.39 is 6.10 Å². The maximum Gasteiger partial charge on any atom is 0.251 e. The lowest BCUT2D eigenvalue weighted by Gasteiger charge is -2.27. The molecular formula is C26H37N7O3. The fourth-order valence-electron chi connectivity index (χ4n) is 4.09. The number of aliphatic hydroxyl groups excluding tert-OH is 1. The number of nitrogens with one attached hydrogen (secondary N) is 5. The van der Waals surface area contributed by atoms with E-state index in [1.165, 1.54) is 6.21 Å². The third kappa shape index (κ3) is 7.16. The van der Waals surface area contributed by atoms with Crippen molar-refractivity contribution < 1.29 is 14.6 Å². The fraction of sp³-hybridized carbons (Fsp3) is 0.500. The molecule has 2 fully saturated rings. The molecule has 1 atom stereocenters. The SMILES string of the molecule is Cc1cc(/C(C=N)=C2\N=C(NCC(C)O)C=C(NCCN3CCOCC3)N2)ccc1C(=O)NC1CC1. The van der Waals surface area contributed by atoms with Gasteiger partial charge < -0.3 is 36.5 Å². The van der Waals surface area contributed by atoms with E-state index in [0.717, 1.165) is 69.2 Å². The number of nitrogens with zero attached hydrogens (tertiary/aromatic N) is 2. The Morgan fingerprint density at radius 2 is 2.11 bits per heavy atom. The first kappa shape index (κ1) is 25.9. The molecular weight excluding hydrogens is 458 g/mol. The molecule has 0 bridgehead atoms. The average molecular weight is 496 g/mol. The van der Waals surface area contributed by atoms with Gasteiger partial charge in [0.05, 0.1) is 19.3 Å². The number of hydrogen-bond acceptors (Lipinski definition) is 9. The second-order valence-electron chi connectivity index (χ2n) is 9.47. The first-order valence-electron chi connectivity index (χ1n) is 12.6. The predicted molar refractivity (Wildman–Crippen MR) is 141 cm³/mol. The number of hydrogen-bond donors (Lipinski definition) is 6. The molecule has 1 aliphatic carbocycles. The van der Waals surface area contributed by atoms with Gasteiger partial charge in [0.1, 0.15) is 17.5 Å². The summed E-state index contributed by atoms with van der Waals surface area (Å²) in [4.78, 5) is 19.6. The Balaban J connectivity index is 1.52. The van der Waals surface area contributed by atoms with Crippen molar-refractivity contribution in [2.45, 2.75) is 38.8 Å². The molecule has 1 aromatic rings. The van der Waals surface area contributed by atoms with Crippen LogP contribution in [0.2, 0.25) is 0 Å². The van der Waals surface area contributed by atoms with Crippen molar-refractivity contribution in [3.8, 4) is 0 Å². The first-order chi connectivity index (χ1) is 17.4. The van der Waals surface area contributed by atoms with Crippen LogP contribution < -0.4 is 21.3 Å². The van der Waals surface area contributed by atoms with Crippen molar-refractivity contribution in [2.24, 2.45) is 4.99 Å². The Bertz CT molecular complexity index is 1050. The number of allylic oxidation sites excluding steroid dienone is 1. The smallest absolute Gasteiger partial charge is 0.251 e. The van der Waals surface area contributed by atoms with Gasteiger partial charge in [0.2, 0.25) is 0 Å². The highest BCUT2D eigenvalue weighted by Crippen LogP contribution is 2.24. The minimum absolute atomic E-state index is 0.0567. The zero-order valence-corrected chi connectivity index (χ0v) is 21.1. The van der Waals surface area contributed by atoms with Crippen molar-refractivity contribution in [1.29, 1.82) is 5.41 Å². The fourth-order valence-corrected chi connectivity index (χ4v) is 4.09. The molecule has 3 aliphatic rings. The number of morpholine rings is 1. The number of amides is 1. The van der Waals surface area contributed by atoms with Crippen LogP contribution in [0, 0.1) is 12.3 Å². The Morgan fingerprint density at radius 3 is 2.78 bits per heavy atom. The molecule has 2 aliphatic heterocycles. The van der Waals surface area contributed by atoms with E-state index in [1.54, 1.807) is 6.92 Å². The number of ether oxygens (including phenoxy) is 1. The van der Waals surface area contributed by atoms with Crippen molar-refractivity contribution >= 4 is 23.5 Å². The summed E-state index contributed by atoms with van der Waals surface area (Å²) in [6, 6.07) is 5.87. The van der Waals surface area contributed by atoms with Crippen LogP contribution >= 0.6 is 0 Å². The van der Waals surface area contributed by atoms with Gasteiger partial charge in [0.25, 0.3) is 5.91 Å². The third-order valence-corrected chi connectivity index (χ3v) is 6.29. The minimum Gasteiger partial charge on any atom is -0.392 e.